The van der Waals surface area contributed by atoms with Crippen LogP contribution in [-0.4, -0.2) is 41.6 Å². The molecule has 2 rings (SSSR count). The van der Waals surface area contributed by atoms with Crippen molar-refractivity contribution in [3.8, 4) is 0 Å². The van der Waals surface area contributed by atoms with Crippen molar-refractivity contribution >= 4 is 34.1 Å². The number of carbonyl (C=O) groups excluding carboxylic acids is 3. The van der Waals surface area contributed by atoms with Crippen LogP contribution >= 0.6 is 11.3 Å². The molecule has 1 aromatic rings. The van der Waals surface area contributed by atoms with Crippen molar-refractivity contribution in [3.63, 3.8) is 0 Å². The van der Waals surface area contributed by atoms with Gasteiger partial charge in [-0.15, -0.1) is 0 Å². The van der Waals surface area contributed by atoms with E-state index in [9.17, 15) is 14.4 Å². The van der Waals surface area contributed by atoms with Gasteiger partial charge in [-0.1, -0.05) is 31.6 Å². The van der Waals surface area contributed by atoms with Crippen LogP contribution in [0.15, 0.2) is 0 Å². The molecule has 0 bridgehead atoms. The van der Waals surface area contributed by atoms with E-state index < -0.39 is 0 Å². The molecule has 1 heterocycles. The molecule has 0 spiro atoms. The molecule has 0 unspecified atom stereocenters. The largest absolute Gasteiger partial charge is 0.349 e. The predicted molar refractivity (Wildman–Crippen MR) is 89.7 cm³/mol. The van der Waals surface area contributed by atoms with E-state index >= 15 is 0 Å². The summed E-state index contributed by atoms with van der Waals surface area (Å²) in [5.74, 6) is -0.242. The summed E-state index contributed by atoms with van der Waals surface area (Å²) in [4.78, 5) is 42.7. The second-order valence-corrected chi connectivity index (χ2v) is 7.32. The highest BCUT2D eigenvalue weighted by molar-refractivity contribution is 7.17. The molecular weight excluding hydrogens is 314 g/mol. The summed E-state index contributed by atoms with van der Waals surface area (Å²) < 4.78 is 0. The van der Waals surface area contributed by atoms with Crippen LogP contribution < -0.4 is 5.32 Å². The SMILES string of the molecule is CC[C@@H](C)CC(=O)Nc1nc2c(s1)C(=O)C[C@H](C(=O)N(C)C)C2. The third-order valence-corrected chi connectivity index (χ3v) is 5.14. The number of fused-ring (bicyclic) bond motifs is 1. The fraction of sp³-hybridized carbons (Fsp3) is 0.625. The number of hydrogen-bond acceptors (Lipinski definition) is 5. The summed E-state index contributed by atoms with van der Waals surface area (Å²) in [5, 5.41) is 3.23. The summed E-state index contributed by atoms with van der Waals surface area (Å²) >= 11 is 1.21. The zero-order chi connectivity index (χ0) is 17.1. The maximum Gasteiger partial charge on any atom is 0.226 e. The second-order valence-electron chi connectivity index (χ2n) is 6.32. The second kappa shape index (κ2) is 7.21. The first-order valence-electron chi connectivity index (χ1n) is 7.85. The normalized spacial score (nSPS) is 18.3. The van der Waals surface area contributed by atoms with Gasteiger partial charge in [-0.2, -0.15) is 0 Å². The van der Waals surface area contributed by atoms with Crippen LogP contribution in [0.4, 0.5) is 5.13 Å². The van der Waals surface area contributed by atoms with Crippen LogP contribution in [-0.2, 0) is 16.0 Å². The molecule has 2 amide bonds. The number of nitrogens with one attached hydrogen (secondary N) is 1. The van der Waals surface area contributed by atoms with E-state index in [0.29, 0.717) is 34.5 Å². The molecule has 0 saturated carbocycles. The minimum absolute atomic E-state index is 0.0562. The fourth-order valence-electron chi connectivity index (χ4n) is 2.55. The van der Waals surface area contributed by atoms with Crippen molar-refractivity contribution in [1.82, 2.24) is 9.88 Å². The highest BCUT2D eigenvalue weighted by Gasteiger charge is 2.33. The standard InChI is InChI=1S/C16H23N3O3S/c1-5-9(2)6-13(21)18-16-17-11-7-10(15(22)19(3)4)8-12(20)14(11)23-16/h9-10H,5-8H2,1-4H3,(H,17,18,21)/t9-,10-/m1/s1. The molecule has 23 heavy (non-hydrogen) atoms. The third-order valence-electron chi connectivity index (χ3n) is 4.09. The lowest BCUT2D eigenvalue weighted by Gasteiger charge is -2.22. The van der Waals surface area contributed by atoms with Gasteiger partial charge in [-0.05, 0) is 5.92 Å². The summed E-state index contributed by atoms with van der Waals surface area (Å²) in [6, 6.07) is 0. The molecule has 0 aliphatic heterocycles. The van der Waals surface area contributed by atoms with Crippen LogP contribution in [0.3, 0.4) is 0 Å². The Morgan fingerprint density at radius 1 is 1.39 bits per heavy atom. The lowest BCUT2D eigenvalue weighted by molar-refractivity contribution is -0.133. The average Bonchev–Trinajstić information content (AvgIpc) is 2.88. The molecule has 1 N–H and O–H groups in total. The Hall–Kier alpha value is -1.76. The fourth-order valence-corrected chi connectivity index (χ4v) is 3.51. The molecule has 0 radical (unpaired) electrons. The molecule has 0 fully saturated rings. The van der Waals surface area contributed by atoms with Gasteiger partial charge < -0.3 is 10.2 Å². The van der Waals surface area contributed by atoms with E-state index in [-0.39, 0.29) is 29.9 Å². The van der Waals surface area contributed by atoms with Crippen LogP contribution in [0.25, 0.3) is 0 Å². The molecule has 0 saturated heterocycles. The Balaban J connectivity index is 2.09. The van der Waals surface area contributed by atoms with Gasteiger partial charge in [0.1, 0.15) is 0 Å². The number of rotatable bonds is 5. The van der Waals surface area contributed by atoms with Gasteiger partial charge in [0.25, 0.3) is 0 Å². The minimum atomic E-state index is -0.351. The molecule has 1 aliphatic rings. The molecule has 1 aromatic heterocycles. The summed E-state index contributed by atoms with van der Waals surface area (Å²) in [5.41, 5.74) is 0.630. The maximum absolute atomic E-state index is 12.2. The Kier molecular flexibility index (Phi) is 5.51. The molecular formula is C16H23N3O3S. The Morgan fingerprint density at radius 2 is 2.09 bits per heavy atom. The highest BCUT2D eigenvalue weighted by Crippen LogP contribution is 2.33. The first kappa shape index (κ1) is 17.6. The van der Waals surface area contributed by atoms with Crippen LogP contribution in [0.5, 0.6) is 0 Å². The van der Waals surface area contributed by atoms with E-state index in [1.165, 1.54) is 16.2 Å². The summed E-state index contributed by atoms with van der Waals surface area (Å²) in [7, 11) is 3.37. The molecule has 0 aromatic carbocycles. The quantitative estimate of drug-likeness (QED) is 0.894. The Morgan fingerprint density at radius 3 is 2.70 bits per heavy atom. The number of carbonyl (C=O) groups is 3. The monoisotopic (exact) mass is 337 g/mol. The third kappa shape index (κ3) is 4.16. The summed E-state index contributed by atoms with van der Waals surface area (Å²) in [6.45, 7) is 4.06. The number of aromatic nitrogens is 1. The van der Waals surface area contributed by atoms with Crippen molar-refractivity contribution in [2.75, 3.05) is 19.4 Å². The number of Topliss-reactive ketones (excluding diaryl/α,β-unsaturated/α-hetero) is 1. The first-order chi connectivity index (χ1) is 10.8. The van der Waals surface area contributed by atoms with Crippen LogP contribution in [0.2, 0.25) is 0 Å². The summed E-state index contributed by atoms with van der Waals surface area (Å²) in [6.07, 6.45) is 2.05. The zero-order valence-electron chi connectivity index (χ0n) is 14.0. The Bertz CT molecular complexity index is 624. The smallest absolute Gasteiger partial charge is 0.226 e. The van der Waals surface area contributed by atoms with Gasteiger partial charge in [0.05, 0.1) is 16.5 Å². The number of amides is 2. The molecule has 7 heteroatoms. The highest BCUT2D eigenvalue weighted by atomic mass is 32.1. The van der Waals surface area contributed by atoms with Crippen LogP contribution in [0.1, 0.15) is 48.5 Å². The van der Waals surface area contributed by atoms with Gasteiger partial charge in [-0.25, -0.2) is 4.98 Å². The van der Waals surface area contributed by atoms with Crippen molar-refractivity contribution in [3.05, 3.63) is 10.6 Å². The first-order valence-corrected chi connectivity index (χ1v) is 8.67. The van der Waals surface area contributed by atoms with Gasteiger partial charge in [0, 0.05) is 33.4 Å². The number of ketones is 1. The van der Waals surface area contributed by atoms with Crippen molar-refractivity contribution in [1.29, 1.82) is 0 Å². The van der Waals surface area contributed by atoms with Gasteiger partial charge >= 0.3 is 0 Å². The number of nitrogens with zero attached hydrogens (tertiary/aromatic N) is 2. The van der Waals surface area contributed by atoms with Gasteiger partial charge in [0.2, 0.25) is 11.8 Å². The number of anilines is 1. The van der Waals surface area contributed by atoms with E-state index in [4.69, 9.17) is 0 Å². The van der Waals surface area contributed by atoms with E-state index in [1.807, 2.05) is 13.8 Å². The molecule has 6 nitrogen and oxygen atoms in total. The van der Waals surface area contributed by atoms with E-state index in [2.05, 4.69) is 10.3 Å². The van der Waals surface area contributed by atoms with Crippen LogP contribution in [0, 0.1) is 11.8 Å². The van der Waals surface area contributed by atoms with E-state index in [0.717, 1.165) is 6.42 Å². The van der Waals surface area contributed by atoms with Gasteiger partial charge in [-0.3, -0.25) is 14.4 Å². The number of hydrogen-bond donors (Lipinski definition) is 1. The molecule has 126 valence electrons. The van der Waals surface area contributed by atoms with Crippen molar-refractivity contribution < 1.29 is 14.4 Å². The molecule has 1 aliphatic carbocycles. The van der Waals surface area contributed by atoms with Crippen molar-refractivity contribution in [2.45, 2.75) is 39.5 Å². The predicted octanol–water partition coefficient (Wildman–Crippen LogP) is 2.35. The minimum Gasteiger partial charge on any atom is -0.349 e. The van der Waals surface area contributed by atoms with Gasteiger partial charge in [0.15, 0.2) is 10.9 Å². The average molecular weight is 337 g/mol. The Labute approximate surface area is 140 Å². The lowest BCUT2D eigenvalue weighted by Crippen LogP contribution is -2.34. The molecule has 2 atom stereocenters. The number of thiazole rings is 1. The zero-order valence-corrected chi connectivity index (χ0v) is 14.8. The van der Waals surface area contributed by atoms with E-state index in [1.54, 1.807) is 14.1 Å². The van der Waals surface area contributed by atoms with Crippen molar-refractivity contribution in [2.24, 2.45) is 11.8 Å². The topological polar surface area (TPSA) is 79.4 Å². The lowest BCUT2D eigenvalue weighted by atomic mass is 9.89. The maximum atomic E-state index is 12.2.